The van der Waals surface area contributed by atoms with Gasteiger partial charge in [0, 0.05) is 17.5 Å². The summed E-state index contributed by atoms with van der Waals surface area (Å²) in [6, 6.07) is 4.48. The molecule has 0 aliphatic heterocycles. The first kappa shape index (κ1) is 17.1. The van der Waals surface area contributed by atoms with Crippen molar-refractivity contribution in [1.29, 1.82) is 0 Å². The molecule has 0 radical (unpaired) electrons. The summed E-state index contributed by atoms with van der Waals surface area (Å²) < 4.78 is 32.8. The van der Waals surface area contributed by atoms with Crippen LogP contribution in [-0.4, -0.2) is 32.6 Å². The molecule has 0 saturated carbocycles. The van der Waals surface area contributed by atoms with E-state index in [-0.39, 0.29) is 10.9 Å². The van der Waals surface area contributed by atoms with Crippen molar-refractivity contribution in [2.24, 2.45) is 0 Å². The van der Waals surface area contributed by atoms with E-state index in [0.29, 0.717) is 18.0 Å². The molecule has 0 bridgehead atoms. The summed E-state index contributed by atoms with van der Waals surface area (Å²) in [5.74, 6) is 2.00. The first-order valence-electron chi connectivity index (χ1n) is 6.53. The fourth-order valence-electron chi connectivity index (χ4n) is 1.67. The summed E-state index contributed by atoms with van der Waals surface area (Å²) in [4.78, 5) is 0.0905. The molecular formula is C13H22N2O3S2. The van der Waals surface area contributed by atoms with E-state index in [9.17, 15) is 8.42 Å². The van der Waals surface area contributed by atoms with E-state index < -0.39 is 10.0 Å². The molecule has 7 heteroatoms. The fraction of sp³-hybridized carbons (Fsp3) is 0.538. The van der Waals surface area contributed by atoms with Crippen molar-refractivity contribution in [3.05, 3.63) is 18.2 Å². The maximum absolute atomic E-state index is 12.4. The van der Waals surface area contributed by atoms with Crippen molar-refractivity contribution >= 4 is 27.5 Å². The van der Waals surface area contributed by atoms with Gasteiger partial charge in [-0.15, -0.1) is 0 Å². The summed E-state index contributed by atoms with van der Waals surface area (Å²) in [6.07, 6.45) is 0. The molecule has 20 heavy (non-hydrogen) atoms. The Hall–Kier alpha value is -0.920. The number of nitrogen functional groups attached to an aromatic ring is 1. The quantitative estimate of drug-likeness (QED) is 0.717. The van der Waals surface area contributed by atoms with Crippen LogP contribution in [0.1, 0.15) is 20.8 Å². The molecule has 0 fully saturated rings. The fourth-order valence-corrected chi connectivity index (χ4v) is 3.87. The van der Waals surface area contributed by atoms with Gasteiger partial charge in [0.1, 0.15) is 10.6 Å². The number of hydrogen-bond acceptors (Lipinski definition) is 5. The number of anilines is 1. The lowest BCUT2D eigenvalue weighted by molar-refractivity contribution is 0.331. The van der Waals surface area contributed by atoms with Crippen LogP contribution in [0.5, 0.6) is 5.75 Å². The summed E-state index contributed by atoms with van der Waals surface area (Å²) in [5, 5.41) is 0. The maximum atomic E-state index is 12.4. The van der Waals surface area contributed by atoms with Gasteiger partial charge < -0.3 is 10.5 Å². The van der Waals surface area contributed by atoms with Crippen LogP contribution >= 0.6 is 11.8 Å². The normalized spacial score (nSPS) is 13.2. The van der Waals surface area contributed by atoms with Crippen LogP contribution in [0, 0.1) is 0 Å². The number of benzene rings is 1. The van der Waals surface area contributed by atoms with Gasteiger partial charge in [-0.3, -0.25) is 0 Å². The highest BCUT2D eigenvalue weighted by Crippen LogP contribution is 2.26. The van der Waals surface area contributed by atoms with Gasteiger partial charge >= 0.3 is 0 Å². The van der Waals surface area contributed by atoms with E-state index in [1.807, 2.05) is 13.8 Å². The zero-order valence-corrected chi connectivity index (χ0v) is 13.7. The van der Waals surface area contributed by atoms with E-state index in [1.54, 1.807) is 30.8 Å². The summed E-state index contributed by atoms with van der Waals surface area (Å²) in [5.41, 5.74) is 6.07. The Bertz CT molecular complexity index is 532. The Labute approximate surface area is 125 Å². The van der Waals surface area contributed by atoms with Gasteiger partial charge in [-0.05, 0) is 37.8 Å². The van der Waals surface area contributed by atoms with Crippen LogP contribution in [0.4, 0.5) is 5.69 Å². The van der Waals surface area contributed by atoms with Crippen molar-refractivity contribution in [3.8, 4) is 5.75 Å². The largest absolute Gasteiger partial charge is 0.492 e. The van der Waals surface area contributed by atoms with E-state index in [0.717, 1.165) is 11.5 Å². The SMILES string of the molecule is CCOc1ccc(N)cc1S(=O)(=O)NC(C)CSCC. The highest BCUT2D eigenvalue weighted by atomic mass is 32.2. The second-order valence-corrected chi connectivity index (χ2v) is 7.32. The van der Waals surface area contributed by atoms with Crippen LogP contribution in [0.3, 0.4) is 0 Å². The first-order valence-corrected chi connectivity index (χ1v) is 9.16. The van der Waals surface area contributed by atoms with E-state index >= 15 is 0 Å². The van der Waals surface area contributed by atoms with Gasteiger partial charge in [0.25, 0.3) is 0 Å². The summed E-state index contributed by atoms with van der Waals surface area (Å²) in [6.45, 7) is 6.08. The Morgan fingerprint density at radius 3 is 2.70 bits per heavy atom. The van der Waals surface area contributed by atoms with E-state index in [2.05, 4.69) is 4.72 Å². The number of sulfonamides is 1. The van der Waals surface area contributed by atoms with Crippen molar-refractivity contribution in [1.82, 2.24) is 4.72 Å². The lowest BCUT2D eigenvalue weighted by atomic mass is 10.3. The van der Waals surface area contributed by atoms with Gasteiger partial charge in [0.05, 0.1) is 6.61 Å². The third-order valence-electron chi connectivity index (χ3n) is 2.49. The standard InChI is InChI=1S/C13H22N2O3S2/c1-4-18-12-7-6-11(14)8-13(12)20(16,17)15-10(3)9-19-5-2/h6-8,10,15H,4-5,9,14H2,1-3H3. The Kier molecular flexibility index (Phi) is 6.64. The number of thioether (sulfide) groups is 1. The van der Waals surface area contributed by atoms with Crippen molar-refractivity contribution in [2.45, 2.75) is 31.7 Å². The van der Waals surface area contributed by atoms with Crippen molar-refractivity contribution in [3.63, 3.8) is 0 Å². The molecule has 1 aromatic rings. The minimum Gasteiger partial charge on any atom is -0.492 e. The van der Waals surface area contributed by atoms with Gasteiger partial charge in [0.15, 0.2) is 0 Å². The molecule has 0 aliphatic rings. The number of rotatable bonds is 8. The second-order valence-electron chi connectivity index (χ2n) is 4.32. The molecular weight excluding hydrogens is 296 g/mol. The average molecular weight is 318 g/mol. The molecule has 1 atom stereocenters. The molecule has 1 aromatic carbocycles. The monoisotopic (exact) mass is 318 g/mol. The minimum absolute atomic E-state index is 0.0905. The van der Waals surface area contributed by atoms with Crippen molar-refractivity contribution < 1.29 is 13.2 Å². The lowest BCUT2D eigenvalue weighted by Gasteiger charge is -2.16. The van der Waals surface area contributed by atoms with Gasteiger partial charge in [0.2, 0.25) is 10.0 Å². The van der Waals surface area contributed by atoms with Crippen LogP contribution in [0.25, 0.3) is 0 Å². The molecule has 3 N–H and O–H groups in total. The second kappa shape index (κ2) is 7.75. The number of ether oxygens (including phenoxy) is 1. The number of nitrogens with one attached hydrogen (secondary N) is 1. The lowest BCUT2D eigenvalue weighted by Crippen LogP contribution is -2.34. The molecule has 1 unspecified atom stereocenters. The Balaban J connectivity index is 2.99. The molecule has 114 valence electrons. The molecule has 0 heterocycles. The topological polar surface area (TPSA) is 81.4 Å². The summed E-state index contributed by atoms with van der Waals surface area (Å²) in [7, 11) is -3.63. The predicted molar refractivity (Wildman–Crippen MR) is 84.8 cm³/mol. The van der Waals surface area contributed by atoms with Gasteiger partial charge in [-0.1, -0.05) is 6.92 Å². The summed E-state index contributed by atoms with van der Waals surface area (Å²) >= 11 is 1.69. The molecule has 0 aromatic heterocycles. The van der Waals surface area contributed by atoms with Gasteiger partial charge in [-0.2, -0.15) is 11.8 Å². The van der Waals surface area contributed by atoms with Crippen LogP contribution in [0.2, 0.25) is 0 Å². The maximum Gasteiger partial charge on any atom is 0.244 e. The molecule has 0 spiro atoms. The molecule has 1 rings (SSSR count). The molecule has 0 aliphatic carbocycles. The Morgan fingerprint density at radius 2 is 2.10 bits per heavy atom. The zero-order valence-electron chi connectivity index (χ0n) is 12.0. The smallest absolute Gasteiger partial charge is 0.244 e. The first-order chi connectivity index (χ1) is 9.40. The van der Waals surface area contributed by atoms with Gasteiger partial charge in [-0.25, -0.2) is 13.1 Å². The predicted octanol–water partition coefficient (Wildman–Crippen LogP) is 2.09. The van der Waals surface area contributed by atoms with Crippen molar-refractivity contribution in [2.75, 3.05) is 23.8 Å². The minimum atomic E-state index is -3.63. The zero-order chi connectivity index (χ0) is 15.2. The highest BCUT2D eigenvalue weighted by molar-refractivity contribution is 7.99. The average Bonchev–Trinajstić information content (AvgIpc) is 2.38. The third kappa shape index (κ3) is 4.88. The van der Waals surface area contributed by atoms with Crippen LogP contribution in [0.15, 0.2) is 23.1 Å². The molecule has 0 amide bonds. The molecule has 5 nitrogen and oxygen atoms in total. The Morgan fingerprint density at radius 1 is 1.40 bits per heavy atom. The van der Waals surface area contributed by atoms with E-state index in [1.165, 1.54) is 6.07 Å². The third-order valence-corrected chi connectivity index (χ3v) is 5.24. The number of hydrogen-bond donors (Lipinski definition) is 2. The van der Waals surface area contributed by atoms with Crippen LogP contribution < -0.4 is 15.2 Å². The highest BCUT2D eigenvalue weighted by Gasteiger charge is 2.22. The number of nitrogens with two attached hydrogens (primary N) is 1. The van der Waals surface area contributed by atoms with E-state index in [4.69, 9.17) is 10.5 Å². The molecule has 0 saturated heterocycles. The van der Waals surface area contributed by atoms with Crippen LogP contribution in [-0.2, 0) is 10.0 Å².